The minimum atomic E-state index is -1.78. The fraction of sp³-hybridized carbons (Fsp3) is 0.375. The fourth-order valence-electron chi connectivity index (χ4n) is 4.04. The van der Waals surface area contributed by atoms with Crippen molar-refractivity contribution >= 4 is 11.0 Å². The van der Waals surface area contributed by atoms with E-state index in [4.69, 9.17) is 28.1 Å². The van der Waals surface area contributed by atoms with Crippen LogP contribution < -0.4 is 24.4 Å². The lowest BCUT2D eigenvalue weighted by Gasteiger charge is -2.39. The van der Waals surface area contributed by atoms with Crippen molar-refractivity contribution in [3.63, 3.8) is 0 Å². The van der Waals surface area contributed by atoms with E-state index in [0.29, 0.717) is 5.56 Å². The molecule has 13 nitrogen and oxygen atoms in total. The van der Waals surface area contributed by atoms with Crippen LogP contribution in [0.5, 0.6) is 34.5 Å². The zero-order chi connectivity index (χ0) is 27.0. The highest BCUT2D eigenvalue weighted by atomic mass is 16.7. The second-order valence-corrected chi connectivity index (χ2v) is 8.13. The maximum absolute atomic E-state index is 13.1. The van der Waals surface area contributed by atoms with Gasteiger partial charge < -0.3 is 58.7 Å². The van der Waals surface area contributed by atoms with Gasteiger partial charge in [0.05, 0.1) is 27.9 Å². The van der Waals surface area contributed by atoms with Crippen molar-refractivity contribution in [2.45, 2.75) is 30.7 Å². The highest BCUT2D eigenvalue weighted by molar-refractivity contribution is 5.95. The van der Waals surface area contributed by atoms with Gasteiger partial charge in [0.25, 0.3) is 0 Å². The van der Waals surface area contributed by atoms with E-state index in [2.05, 4.69) is 0 Å². The minimum Gasteiger partial charge on any atom is -0.504 e. The molecule has 13 heteroatoms. The molecule has 1 aliphatic rings. The van der Waals surface area contributed by atoms with Gasteiger partial charge in [-0.2, -0.15) is 0 Å². The molecule has 6 N–H and O–H groups in total. The SMILES string of the molecule is COc1cc(-c2cc(=O)c3c(O)c(OC)c(O[C@@H]4OC(CO)[C@@H](O)[C@H](O)C4O)c(OC)c3o2)ccc1O. The van der Waals surface area contributed by atoms with Gasteiger partial charge in [-0.15, -0.1) is 0 Å². The molecule has 0 spiro atoms. The van der Waals surface area contributed by atoms with Crippen LogP contribution in [0.15, 0.2) is 33.5 Å². The number of phenolic OH excluding ortho intramolecular Hbond substituents is 2. The first-order chi connectivity index (χ1) is 17.7. The molecule has 4 rings (SSSR count). The predicted molar refractivity (Wildman–Crippen MR) is 125 cm³/mol. The van der Waals surface area contributed by atoms with E-state index in [1.807, 2.05) is 0 Å². The Morgan fingerprint density at radius 2 is 1.59 bits per heavy atom. The first-order valence-electron chi connectivity index (χ1n) is 11.0. The van der Waals surface area contributed by atoms with Crippen molar-refractivity contribution in [1.29, 1.82) is 0 Å². The molecule has 1 aromatic heterocycles. The number of aliphatic hydroxyl groups excluding tert-OH is 4. The molecular weight excluding hydrogens is 496 g/mol. The molecule has 3 aromatic rings. The van der Waals surface area contributed by atoms with Gasteiger partial charge in [-0.3, -0.25) is 4.79 Å². The van der Waals surface area contributed by atoms with E-state index in [1.54, 1.807) is 0 Å². The van der Waals surface area contributed by atoms with E-state index in [0.717, 1.165) is 6.07 Å². The molecule has 5 atom stereocenters. The molecule has 1 fully saturated rings. The maximum atomic E-state index is 13.1. The van der Waals surface area contributed by atoms with E-state index < -0.39 is 48.5 Å². The Balaban J connectivity index is 1.91. The molecule has 0 bridgehead atoms. The maximum Gasteiger partial charge on any atom is 0.229 e. The van der Waals surface area contributed by atoms with Crippen LogP contribution in [-0.2, 0) is 4.74 Å². The Bertz CT molecular complexity index is 1350. The number of ether oxygens (including phenoxy) is 5. The van der Waals surface area contributed by atoms with Crippen molar-refractivity contribution in [3.8, 4) is 45.8 Å². The number of fused-ring (bicyclic) bond motifs is 1. The molecule has 1 saturated heterocycles. The zero-order valence-corrected chi connectivity index (χ0v) is 19.9. The summed E-state index contributed by atoms with van der Waals surface area (Å²) in [6.07, 6.45) is -8.09. The standard InChI is InChI=1S/C24H26O13/c1-32-13-6-9(4-5-10(13)26)12-7-11(27)15-17(29)21(33-2)23(22(34-3)20(15)35-12)37-24-19(31)18(30)16(28)14(8-25)36-24/h4-7,14,16,18-19,24-26,28-31H,8H2,1-3H3/t14?,16-,18+,19?,24+/m1/s1. The predicted octanol–water partition coefficient (Wildman–Crippen LogP) is 0.0757. The number of phenols is 2. The van der Waals surface area contributed by atoms with Gasteiger partial charge in [0.1, 0.15) is 35.6 Å². The normalized spacial score (nSPS) is 23.6. The molecule has 37 heavy (non-hydrogen) atoms. The number of hydrogen-bond donors (Lipinski definition) is 6. The van der Waals surface area contributed by atoms with Crippen molar-refractivity contribution in [2.24, 2.45) is 0 Å². The molecule has 200 valence electrons. The van der Waals surface area contributed by atoms with Gasteiger partial charge in [0, 0.05) is 11.6 Å². The summed E-state index contributed by atoms with van der Waals surface area (Å²) in [7, 11) is 3.76. The van der Waals surface area contributed by atoms with Crippen molar-refractivity contribution < 1.29 is 58.7 Å². The first kappa shape index (κ1) is 26.3. The van der Waals surface area contributed by atoms with Gasteiger partial charge in [-0.25, -0.2) is 0 Å². The van der Waals surface area contributed by atoms with E-state index in [1.165, 1.54) is 39.5 Å². The van der Waals surface area contributed by atoms with Gasteiger partial charge in [0.15, 0.2) is 28.3 Å². The summed E-state index contributed by atoms with van der Waals surface area (Å²) in [6, 6.07) is 5.36. The summed E-state index contributed by atoms with van der Waals surface area (Å²) in [5, 5.41) is 60.5. The van der Waals surface area contributed by atoms with Crippen LogP contribution in [0.25, 0.3) is 22.3 Å². The molecule has 0 aliphatic carbocycles. The molecule has 2 heterocycles. The van der Waals surface area contributed by atoms with Crippen LogP contribution in [0.3, 0.4) is 0 Å². The van der Waals surface area contributed by atoms with Crippen LogP contribution >= 0.6 is 0 Å². The Hall–Kier alpha value is -3.75. The van der Waals surface area contributed by atoms with Crippen LogP contribution in [0.2, 0.25) is 0 Å². The zero-order valence-electron chi connectivity index (χ0n) is 19.9. The lowest BCUT2D eigenvalue weighted by molar-refractivity contribution is -0.277. The Kier molecular flexibility index (Phi) is 7.34. The number of benzene rings is 2. The average Bonchev–Trinajstić information content (AvgIpc) is 2.89. The Morgan fingerprint density at radius 3 is 2.22 bits per heavy atom. The molecule has 2 unspecified atom stereocenters. The number of aliphatic hydroxyl groups is 4. The summed E-state index contributed by atoms with van der Waals surface area (Å²) in [5.74, 6) is -1.61. The first-order valence-corrected chi connectivity index (χ1v) is 11.0. The Morgan fingerprint density at radius 1 is 0.892 bits per heavy atom. The number of methoxy groups -OCH3 is 3. The molecule has 0 saturated carbocycles. The summed E-state index contributed by atoms with van der Waals surface area (Å²) in [6.45, 7) is -0.698. The third kappa shape index (κ3) is 4.47. The second kappa shape index (κ2) is 10.3. The molecular formula is C24H26O13. The van der Waals surface area contributed by atoms with Crippen LogP contribution in [-0.4, -0.2) is 89.3 Å². The average molecular weight is 522 g/mol. The van der Waals surface area contributed by atoms with Crippen LogP contribution in [0.4, 0.5) is 0 Å². The minimum absolute atomic E-state index is 0.0254. The van der Waals surface area contributed by atoms with Gasteiger partial charge in [-0.05, 0) is 18.2 Å². The third-order valence-electron chi connectivity index (χ3n) is 5.97. The summed E-state index contributed by atoms with van der Waals surface area (Å²) in [4.78, 5) is 13.1. The number of aromatic hydroxyl groups is 2. The monoisotopic (exact) mass is 522 g/mol. The van der Waals surface area contributed by atoms with E-state index >= 15 is 0 Å². The fourth-order valence-corrected chi connectivity index (χ4v) is 4.04. The highest BCUT2D eigenvalue weighted by Gasteiger charge is 2.45. The molecule has 0 radical (unpaired) electrons. The summed E-state index contributed by atoms with van der Waals surface area (Å²) < 4.78 is 32.8. The molecule has 1 aliphatic heterocycles. The lowest BCUT2D eigenvalue weighted by Crippen LogP contribution is -2.60. The Labute approximate surface area is 209 Å². The third-order valence-corrected chi connectivity index (χ3v) is 5.97. The summed E-state index contributed by atoms with van der Waals surface area (Å²) >= 11 is 0. The van der Waals surface area contributed by atoms with Gasteiger partial charge in [0.2, 0.25) is 23.5 Å². The van der Waals surface area contributed by atoms with Crippen LogP contribution in [0.1, 0.15) is 0 Å². The quantitative estimate of drug-likeness (QED) is 0.244. The van der Waals surface area contributed by atoms with Gasteiger partial charge in [-0.1, -0.05) is 0 Å². The van der Waals surface area contributed by atoms with Crippen molar-refractivity contribution in [3.05, 3.63) is 34.5 Å². The largest absolute Gasteiger partial charge is 0.504 e. The lowest BCUT2D eigenvalue weighted by atomic mass is 9.99. The number of hydrogen-bond acceptors (Lipinski definition) is 13. The van der Waals surface area contributed by atoms with Crippen molar-refractivity contribution in [1.82, 2.24) is 0 Å². The molecule has 2 aromatic carbocycles. The molecule has 0 amide bonds. The van der Waals surface area contributed by atoms with Crippen LogP contribution in [0, 0.1) is 0 Å². The topological polar surface area (TPSA) is 198 Å². The smallest absolute Gasteiger partial charge is 0.229 e. The van der Waals surface area contributed by atoms with Gasteiger partial charge >= 0.3 is 0 Å². The number of rotatable bonds is 7. The second-order valence-electron chi connectivity index (χ2n) is 8.13. The highest BCUT2D eigenvalue weighted by Crippen LogP contribution is 2.51. The summed E-state index contributed by atoms with van der Waals surface area (Å²) in [5.41, 5.74) is -0.575. The van der Waals surface area contributed by atoms with Crippen molar-refractivity contribution in [2.75, 3.05) is 27.9 Å². The van der Waals surface area contributed by atoms with E-state index in [-0.39, 0.29) is 45.5 Å². The van der Waals surface area contributed by atoms with E-state index in [9.17, 15) is 35.4 Å².